The minimum absolute atomic E-state index is 0.0623. The number of nitriles is 1. The summed E-state index contributed by atoms with van der Waals surface area (Å²) in [6, 6.07) is 2.01. The molecule has 1 aliphatic carbocycles. The van der Waals surface area contributed by atoms with Crippen LogP contribution < -0.4 is 5.32 Å². The fourth-order valence-corrected chi connectivity index (χ4v) is 4.80. The Morgan fingerprint density at radius 1 is 1.48 bits per heavy atom. The Bertz CT molecular complexity index is 647. The van der Waals surface area contributed by atoms with Gasteiger partial charge in [-0.25, -0.2) is 0 Å². The van der Waals surface area contributed by atoms with Crippen LogP contribution in [-0.2, 0) is 17.6 Å². The Morgan fingerprint density at radius 3 is 2.91 bits per heavy atom. The van der Waals surface area contributed by atoms with Gasteiger partial charge in [-0.1, -0.05) is 0 Å². The van der Waals surface area contributed by atoms with Gasteiger partial charge in [0.05, 0.1) is 17.7 Å². The van der Waals surface area contributed by atoms with Crippen molar-refractivity contribution < 1.29 is 9.90 Å². The van der Waals surface area contributed by atoms with E-state index in [1.807, 2.05) is 13.8 Å². The van der Waals surface area contributed by atoms with Gasteiger partial charge >= 0.3 is 0 Å². The molecule has 1 aromatic heterocycles. The van der Waals surface area contributed by atoms with Gasteiger partial charge in [0, 0.05) is 11.4 Å². The first kappa shape index (κ1) is 16.4. The van der Waals surface area contributed by atoms with Crippen molar-refractivity contribution >= 4 is 22.2 Å². The number of carbonyl (C=O) groups is 1. The molecule has 1 aliphatic heterocycles. The van der Waals surface area contributed by atoms with Crippen molar-refractivity contribution in [3.8, 4) is 6.07 Å². The van der Waals surface area contributed by atoms with E-state index >= 15 is 0 Å². The number of aliphatic hydroxyl groups is 1. The Kier molecular flexibility index (Phi) is 4.72. The van der Waals surface area contributed by atoms with Crippen LogP contribution in [0, 0.1) is 17.2 Å². The summed E-state index contributed by atoms with van der Waals surface area (Å²) in [5.74, 6) is 0.179. The van der Waals surface area contributed by atoms with Gasteiger partial charge in [0.25, 0.3) is 0 Å². The van der Waals surface area contributed by atoms with E-state index < -0.39 is 0 Å². The topological polar surface area (TPSA) is 76.4 Å². The Hall–Kier alpha value is -1.42. The van der Waals surface area contributed by atoms with Crippen molar-refractivity contribution in [2.75, 3.05) is 18.4 Å². The normalized spacial score (nSPS) is 23.3. The second-order valence-corrected chi connectivity index (χ2v) is 7.73. The molecule has 1 fully saturated rings. The number of carbonyl (C=O) groups excluding carboxylic acids is 1. The van der Waals surface area contributed by atoms with Crippen molar-refractivity contribution in [2.45, 2.75) is 51.7 Å². The third-order valence-corrected chi connectivity index (χ3v) is 6.34. The third kappa shape index (κ3) is 3.14. The fourth-order valence-electron chi connectivity index (χ4n) is 3.55. The number of aryl methyl sites for hydroxylation is 1. The van der Waals surface area contributed by atoms with Crippen LogP contribution >= 0.6 is 11.3 Å². The van der Waals surface area contributed by atoms with E-state index in [4.69, 9.17) is 0 Å². The second kappa shape index (κ2) is 6.60. The average Bonchev–Trinajstić information content (AvgIpc) is 3.21. The average molecular weight is 333 g/mol. The van der Waals surface area contributed by atoms with Crippen molar-refractivity contribution in [2.24, 2.45) is 5.92 Å². The molecule has 3 atom stereocenters. The van der Waals surface area contributed by atoms with Crippen LogP contribution in [0.2, 0.25) is 0 Å². The van der Waals surface area contributed by atoms with E-state index in [0.29, 0.717) is 10.6 Å². The van der Waals surface area contributed by atoms with Gasteiger partial charge in [0.15, 0.2) is 0 Å². The number of nitrogens with zero attached hydrogens (tertiary/aromatic N) is 2. The van der Waals surface area contributed by atoms with Crippen molar-refractivity contribution in [1.29, 1.82) is 5.26 Å². The molecule has 1 saturated heterocycles. The van der Waals surface area contributed by atoms with Crippen molar-refractivity contribution in [3.05, 3.63) is 16.0 Å². The van der Waals surface area contributed by atoms with Gasteiger partial charge in [0.2, 0.25) is 5.91 Å². The second-order valence-electron chi connectivity index (χ2n) is 6.62. The molecule has 5 nitrogen and oxygen atoms in total. The maximum absolute atomic E-state index is 12.6. The van der Waals surface area contributed by atoms with E-state index in [9.17, 15) is 15.2 Å². The lowest BCUT2D eigenvalue weighted by atomic mass is 10.0. The summed E-state index contributed by atoms with van der Waals surface area (Å²) in [6.45, 7) is 5.28. The highest BCUT2D eigenvalue weighted by molar-refractivity contribution is 7.16. The minimum Gasteiger partial charge on any atom is -0.393 e. The molecule has 2 aliphatic rings. The lowest BCUT2D eigenvalue weighted by Gasteiger charge is -2.23. The molecule has 0 aromatic carbocycles. The Morgan fingerprint density at radius 2 is 2.26 bits per heavy atom. The first-order valence-electron chi connectivity index (χ1n) is 8.29. The largest absolute Gasteiger partial charge is 0.393 e. The number of thiophene rings is 1. The summed E-state index contributed by atoms with van der Waals surface area (Å²) >= 11 is 1.55. The van der Waals surface area contributed by atoms with Crippen LogP contribution in [-0.4, -0.2) is 41.1 Å². The highest BCUT2D eigenvalue weighted by Gasteiger charge is 2.32. The molecule has 3 unspecified atom stereocenters. The number of anilines is 1. The molecule has 6 heteroatoms. The first-order valence-corrected chi connectivity index (χ1v) is 9.10. The van der Waals surface area contributed by atoms with Crippen LogP contribution in [0.25, 0.3) is 0 Å². The molecule has 2 heterocycles. The van der Waals surface area contributed by atoms with Crippen molar-refractivity contribution in [1.82, 2.24) is 4.90 Å². The van der Waals surface area contributed by atoms with Crippen LogP contribution in [0.4, 0.5) is 5.00 Å². The SMILES string of the molecule is CC(O)C1CCN(C(C)C(=O)Nc2sc3c(c2C#N)CCC3)C1. The van der Waals surface area contributed by atoms with E-state index in [2.05, 4.69) is 16.3 Å². The number of fused-ring (bicyclic) bond motifs is 1. The van der Waals surface area contributed by atoms with Gasteiger partial charge in [-0.15, -0.1) is 11.3 Å². The molecule has 2 N–H and O–H groups in total. The lowest BCUT2D eigenvalue weighted by molar-refractivity contribution is -0.120. The zero-order valence-electron chi connectivity index (χ0n) is 13.6. The Labute approximate surface area is 140 Å². The van der Waals surface area contributed by atoms with Gasteiger partial charge in [-0.05, 0) is 57.6 Å². The Balaban J connectivity index is 1.67. The monoisotopic (exact) mass is 333 g/mol. The molecule has 1 aromatic rings. The maximum atomic E-state index is 12.6. The predicted molar refractivity (Wildman–Crippen MR) is 90.5 cm³/mol. The summed E-state index contributed by atoms with van der Waals surface area (Å²) in [6.07, 6.45) is 3.66. The molecule has 3 rings (SSSR count). The quantitative estimate of drug-likeness (QED) is 0.885. The number of rotatable bonds is 4. The number of likely N-dealkylation sites (tertiary alicyclic amines) is 1. The maximum Gasteiger partial charge on any atom is 0.242 e. The standard InChI is InChI=1S/C17H23N3O2S/c1-10(20-7-6-12(9-20)11(2)21)16(22)19-17-14(8-18)13-4-3-5-15(13)23-17/h10-12,21H,3-7,9H2,1-2H3,(H,19,22). The lowest BCUT2D eigenvalue weighted by Crippen LogP contribution is -2.41. The molecule has 0 saturated carbocycles. The molecule has 0 radical (unpaired) electrons. The van der Waals surface area contributed by atoms with Crippen LogP contribution in [0.15, 0.2) is 0 Å². The van der Waals surface area contributed by atoms with Gasteiger partial charge in [0.1, 0.15) is 11.1 Å². The fraction of sp³-hybridized carbons (Fsp3) is 0.647. The van der Waals surface area contributed by atoms with Gasteiger partial charge < -0.3 is 10.4 Å². The van der Waals surface area contributed by atoms with E-state index in [0.717, 1.165) is 44.3 Å². The molecule has 23 heavy (non-hydrogen) atoms. The molecular formula is C17H23N3O2S. The third-order valence-electron chi connectivity index (χ3n) is 5.14. The van der Waals surface area contributed by atoms with Crippen LogP contribution in [0.3, 0.4) is 0 Å². The predicted octanol–water partition coefficient (Wildman–Crippen LogP) is 2.14. The summed E-state index contributed by atoms with van der Waals surface area (Å²) in [5.41, 5.74) is 1.79. The van der Waals surface area contributed by atoms with E-state index in [1.54, 1.807) is 11.3 Å². The number of amides is 1. The zero-order chi connectivity index (χ0) is 16.6. The zero-order valence-corrected chi connectivity index (χ0v) is 14.4. The number of aliphatic hydroxyl groups excluding tert-OH is 1. The van der Waals surface area contributed by atoms with Gasteiger partial charge in [-0.3, -0.25) is 9.69 Å². The molecule has 124 valence electrons. The highest BCUT2D eigenvalue weighted by atomic mass is 32.1. The summed E-state index contributed by atoms with van der Waals surface area (Å²) in [5, 5.41) is 22.8. The molecule has 0 spiro atoms. The molecule has 1 amide bonds. The van der Waals surface area contributed by atoms with E-state index in [-0.39, 0.29) is 24.0 Å². The van der Waals surface area contributed by atoms with Gasteiger partial charge in [-0.2, -0.15) is 5.26 Å². The summed E-state index contributed by atoms with van der Waals surface area (Å²) in [7, 11) is 0. The number of nitrogens with one attached hydrogen (secondary N) is 1. The van der Waals surface area contributed by atoms with Crippen LogP contribution in [0.1, 0.15) is 42.7 Å². The number of hydrogen-bond acceptors (Lipinski definition) is 5. The summed E-state index contributed by atoms with van der Waals surface area (Å²) in [4.78, 5) is 15.9. The van der Waals surface area contributed by atoms with Crippen molar-refractivity contribution in [3.63, 3.8) is 0 Å². The number of hydrogen-bond donors (Lipinski definition) is 2. The first-order chi connectivity index (χ1) is 11.0. The minimum atomic E-state index is -0.333. The molecule has 0 bridgehead atoms. The smallest absolute Gasteiger partial charge is 0.242 e. The molecular weight excluding hydrogens is 310 g/mol. The van der Waals surface area contributed by atoms with Crippen LogP contribution in [0.5, 0.6) is 0 Å². The van der Waals surface area contributed by atoms with E-state index in [1.165, 1.54) is 4.88 Å². The summed E-state index contributed by atoms with van der Waals surface area (Å²) < 4.78 is 0. The highest BCUT2D eigenvalue weighted by Crippen LogP contribution is 2.38.